The number of nitrogens with zero attached hydrogens (tertiary/aromatic N) is 4. The van der Waals surface area contributed by atoms with Crippen molar-refractivity contribution in [3.63, 3.8) is 0 Å². The van der Waals surface area contributed by atoms with Crippen LogP contribution in [0, 0.1) is 11.6 Å². The van der Waals surface area contributed by atoms with Crippen LogP contribution < -0.4 is 15.1 Å². The van der Waals surface area contributed by atoms with E-state index in [2.05, 4.69) is 22.2 Å². The summed E-state index contributed by atoms with van der Waals surface area (Å²) in [7, 11) is 0. The van der Waals surface area contributed by atoms with Gasteiger partial charge in [-0.25, -0.2) is 9.18 Å². The fraction of sp³-hybridized carbons (Fsp3) is 0.562. The van der Waals surface area contributed by atoms with E-state index in [1.807, 2.05) is 0 Å². The maximum Gasteiger partial charge on any atom is 0.410 e. The van der Waals surface area contributed by atoms with Gasteiger partial charge in [-0.05, 0) is 19.3 Å². The number of carbonyl (C=O) groups is 1. The predicted molar refractivity (Wildman–Crippen MR) is 91.8 cm³/mol. The summed E-state index contributed by atoms with van der Waals surface area (Å²) in [6.45, 7) is 5.47. The lowest BCUT2D eigenvalue weighted by Gasteiger charge is -2.29. The summed E-state index contributed by atoms with van der Waals surface area (Å²) < 4.78 is 39.4. The zero-order valence-electron chi connectivity index (χ0n) is 14.3. The zero-order valence-corrected chi connectivity index (χ0v) is 14.3. The number of carbonyl (C=O) groups excluding carboxylic acids is 1. The van der Waals surface area contributed by atoms with Crippen molar-refractivity contribution in [1.82, 2.24) is 9.88 Å². The van der Waals surface area contributed by atoms with Crippen LogP contribution in [0.15, 0.2) is 5.10 Å². The third-order valence-electron chi connectivity index (χ3n) is 4.32. The largest absolute Gasteiger partial charge is 0.474 e. The lowest BCUT2D eigenvalue weighted by atomic mass is 10.1. The lowest BCUT2D eigenvalue weighted by Crippen LogP contribution is -2.32. The Morgan fingerprint density at radius 1 is 1.23 bits per heavy atom. The molecule has 0 saturated carbocycles. The Labute approximate surface area is 149 Å². The Balaban J connectivity index is 1.79. The molecule has 0 radical (unpaired) electrons. The number of rotatable bonds is 7. The third kappa shape index (κ3) is 3.78. The first kappa shape index (κ1) is 18.2. The Bertz CT molecular complexity index is 682. The summed E-state index contributed by atoms with van der Waals surface area (Å²) in [5, 5.41) is 3.36. The van der Waals surface area contributed by atoms with Gasteiger partial charge < -0.3 is 19.3 Å². The van der Waals surface area contributed by atoms with Gasteiger partial charge in [0.05, 0.1) is 13.1 Å². The number of nitrogens with one attached hydrogen (secondary N) is 1. The van der Waals surface area contributed by atoms with Crippen molar-refractivity contribution in [2.45, 2.75) is 19.3 Å². The van der Waals surface area contributed by atoms with Crippen LogP contribution in [0.1, 0.15) is 19.3 Å². The molecule has 3 heterocycles. The number of hydrogen-bond donors (Lipinski definition) is 1. The Morgan fingerprint density at radius 3 is 2.65 bits per heavy atom. The molecule has 0 atom stereocenters. The van der Waals surface area contributed by atoms with Crippen LogP contribution in [0.2, 0.25) is 0 Å². The van der Waals surface area contributed by atoms with Crippen molar-refractivity contribution in [3.8, 4) is 5.88 Å². The number of aromatic nitrogens is 1. The van der Waals surface area contributed by atoms with Crippen molar-refractivity contribution in [2.75, 3.05) is 49.7 Å². The van der Waals surface area contributed by atoms with Gasteiger partial charge in [-0.2, -0.15) is 14.5 Å². The highest BCUT2D eigenvalue weighted by atomic mass is 19.1. The van der Waals surface area contributed by atoms with Gasteiger partial charge in [0.1, 0.15) is 18.9 Å². The highest BCUT2D eigenvalue weighted by molar-refractivity contribution is 5.69. The molecule has 26 heavy (non-hydrogen) atoms. The smallest absolute Gasteiger partial charge is 0.410 e. The summed E-state index contributed by atoms with van der Waals surface area (Å²) in [6.07, 6.45) is 2.45. The molecule has 10 heteroatoms. The van der Waals surface area contributed by atoms with Gasteiger partial charge in [-0.1, -0.05) is 0 Å². The van der Waals surface area contributed by atoms with E-state index in [4.69, 9.17) is 9.47 Å². The van der Waals surface area contributed by atoms with Crippen LogP contribution in [0.4, 0.5) is 25.1 Å². The number of pyridine rings is 1. The van der Waals surface area contributed by atoms with E-state index in [1.165, 1.54) is 4.90 Å². The maximum absolute atomic E-state index is 14.7. The molecule has 1 amide bonds. The molecule has 142 valence electrons. The Hall–Kier alpha value is -2.65. The third-order valence-corrected chi connectivity index (χ3v) is 4.32. The minimum absolute atomic E-state index is 0.00501. The average molecular weight is 369 g/mol. The first-order chi connectivity index (χ1) is 12.6. The summed E-state index contributed by atoms with van der Waals surface area (Å²) in [5.41, 5.74) is 1.78. The fourth-order valence-electron chi connectivity index (χ4n) is 2.98. The molecule has 8 nitrogen and oxygen atoms in total. The minimum atomic E-state index is -0.986. The molecule has 2 fully saturated rings. The van der Waals surface area contributed by atoms with Crippen LogP contribution in [0.25, 0.3) is 0 Å². The van der Waals surface area contributed by atoms with Gasteiger partial charge in [0.2, 0.25) is 5.82 Å². The molecule has 0 spiro atoms. The highest BCUT2D eigenvalue weighted by Gasteiger charge is 2.26. The van der Waals surface area contributed by atoms with E-state index in [9.17, 15) is 13.6 Å². The number of hydrazone groups is 1. The number of piperidine rings is 1. The van der Waals surface area contributed by atoms with Gasteiger partial charge >= 0.3 is 6.09 Å². The van der Waals surface area contributed by atoms with Crippen LogP contribution in [0.5, 0.6) is 5.88 Å². The van der Waals surface area contributed by atoms with Crippen molar-refractivity contribution in [2.24, 2.45) is 5.10 Å². The molecule has 2 saturated heterocycles. The molecule has 0 bridgehead atoms. The first-order valence-corrected chi connectivity index (χ1v) is 8.52. The van der Waals surface area contributed by atoms with Crippen LogP contribution in [-0.4, -0.2) is 62.1 Å². The molecular weight excluding hydrogens is 348 g/mol. The van der Waals surface area contributed by atoms with E-state index in [0.29, 0.717) is 26.2 Å². The van der Waals surface area contributed by atoms with Gasteiger partial charge in [-0.15, -0.1) is 0 Å². The van der Waals surface area contributed by atoms with Crippen molar-refractivity contribution in [1.29, 1.82) is 0 Å². The van der Waals surface area contributed by atoms with E-state index in [0.717, 1.165) is 19.3 Å². The number of anilines is 2. The number of amides is 1. The SMILES string of the molecule is C=NNc1c(F)c(OCCN2CCOC2=O)nc(N2CCCCC2)c1F. The van der Waals surface area contributed by atoms with Gasteiger partial charge in [0.15, 0.2) is 11.6 Å². The second-order valence-corrected chi connectivity index (χ2v) is 6.01. The average Bonchev–Trinajstić information content (AvgIpc) is 3.06. The van der Waals surface area contributed by atoms with Gasteiger partial charge in [0.25, 0.3) is 5.88 Å². The fourth-order valence-corrected chi connectivity index (χ4v) is 2.98. The standard InChI is InChI=1S/C16H21F2N5O3/c1-19-21-13-11(17)14(22-5-3-2-4-6-22)20-15(12(13)18)25-9-7-23-8-10-26-16(23)24/h1-10H2,(H,20,21). The normalized spacial score (nSPS) is 17.2. The molecule has 3 rings (SSSR count). The molecular formula is C16H21F2N5O3. The Kier molecular flexibility index (Phi) is 5.69. The van der Waals surface area contributed by atoms with E-state index in [1.54, 1.807) is 4.90 Å². The summed E-state index contributed by atoms with van der Waals surface area (Å²) in [6, 6.07) is 0. The number of halogens is 2. The van der Waals surface area contributed by atoms with Crippen LogP contribution in [0.3, 0.4) is 0 Å². The predicted octanol–water partition coefficient (Wildman–Crippen LogP) is 2.21. The quantitative estimate of drug-likeness (QED) is 0.586. The van der Waals surface area contributed by atoms with Gasteiger partial charge in [0, 0.05) is 19.8 Å². The molecule has 1 aromatic rings. The van der Waals surface area contributed by atoms with E-state index >= 15 is 0 Å². The van der Waals surface area contributed by atoms with Crippen molar-refractivity contribution in [3.05, 3.63) is 11.6 Å². The first-order valence-electron chi connectivity index (χ1n) is 8.52. The van der Waals surface area contributed by atoms with Crippen molar-refractivity contribution >= 4 is 24.3 Å². The summed E-state index contributed by atoms with van der Waals surface area (Å²) >= 11 is 0. The second kappa shape index (κ2) is 8.15. The summed E-state index contributed by atoms with van der Waals surface area (Å²) in [4.78, 5) is 18.6. The monoisotopic (exact) mass is 369 g/mol. The highest BCUT2D eigenvalue weighted by Crippen LogP contribution is 2.33. The minimum Gasteiger partial charge on any atom is -0.474 e. The molecule has 0 aliphatic carbocycles. The second-order valence-electron chi connectivity index (χ2n) is 6.01. The zero-order chi connectivity index (χ0) is 18.5. The molecule has 0 unspecified atom stereocenters. The Morgan fingerprint density at radius 2 is 2.00 bits per heavy atom. The van der Waals surface area contributed by atoms with Gasteiger partial charge in [-0.3, -0.25) is 5.43 Å². The van der Waals surface area contributed by atoms with Crippen LogP contribution in [-0.2, 0) is 4.74 Å². The summed E-state index contributed by atoms with van der Waals surface area (Å²) in [5.74, 6) is -2.13. The molecule has 2 aliphatic rings. The molecule has 1 aromatic heterocycles. The number of ether oxygens (including phenoxy) is 2. The van der Waals surface area contributed by atoms with Crippen LogP contribution >= 0.6 is 0 Å². The number of hydrogen-bond acceptors (Lipinski definition) is 7. The maximum atomic E-state index is 14.7. The molecule has 2 aliphatic heterocycles. The number of cyclic esters (lactones) is 1. The molecule has 1 N–H and O–H groups in total. The van der Waals surface area contributed by atoms with E-state index in [-0.39, 0.29) is 24.8 Å². The van der Waals surface area contributed by atoms with Crippen molar-refractivity contribution < 1.29 is 23.0 Å². The topological polar surface area (TPSA) is 79.3 Å². The van der Waals surface area contributed by atoms with E-state index < -0.39 is 23.4 Å². The molecule has 0 aromatic carbocycles. The lowest BCUT2D eigenvalue weighted by molar-refractivity contribution is 0.152.